The van der Waals surface area contributed by atoms with Crippen molar-refractivity contribution in [3.63, 3.8) is 0 Å². The summed E-state index contributed by atoms with van der Waals surface area (Å²) in [5.74, 6) is 0.592. The second-order valence-corrected chi connectivity index (χ2v) is 6.23. The number of nitrogens with one attached hydrogen (secondary N) is 1. The van der Waals surface area contributed by atoms with E-state index in [0.29, 0.717) is 5.02 Å². The van der Waals surface area contributed by atoms with E-state index >= 15 is 0 Å². The molecule has 0 atom stereocenters. The van der Waals surface area contributed by atoms with Gasteiger partial charge in [-0.3, -0.25) is 4.79 Å². The zero-order valence-electron chi connectivity index (χ0n) is 14.7. The number of anilines is 1. The van der Waals surface area contributed by atoms with Crippen molar-refractivity contribution in [1.29, 1.82) is 0 Å². The fourth-order valence-electron chi connectivity index (χ4n) is 2.81. The second-order valence-electron chi connectivity index (χ2n) is 5.82. The number of amides is 1. The fraction of sp³-hybridized carbons (Fsp3) is 0.350. The van der Waals surface area contributed by atoms with E-state index < -0.39 is 0 Å². The summed E-state index contributed by atoms with van der Waals surface area (Å²) in [7, 11) is 0. The lowest BCUT2D eigenvalue weighted by Gasteiger charge is -2.17. The number of halogens is 1. The minimum Gasteiger partial charge on any atom is -0.483 e. The molecule has 0 spiro atoms. The molecule has 24 heavy (non-hydrogen) atoms. The van der Waals surface area contributed by atoms with Gasteiger partial charge in [0.1, 0.15) is 5.75 Å². The van der Waals surface area contributed by atoms with Gasteiger partial charge in [-0.15, -0.1) is 0 Å². The average Bonchev–Trinajstić information content (AvgIpc) is 2.55. The standard InChI is InChI=1S/C20H24ClNO2/c1-5-15-10-11-17(21)16(6-2)19(15)22-18(23)12-24-20-13(3)8-7-9-14(20)4/h7-11H,5-6,12H2,1-4H3,(H,22,23). The third kappa shape index (κ3) is 4.09. The van der Waals surface area contributed by atoms with Gasteiger partial charge in [-0.1, -0.05) is 49.7 Å². The van der Waals surface area contributed by atoms with E-state index in [9.17, 15) is 4.79 Å². The lowest BCUT2D eigenvalue weighted by molar-refractivity contribution is -0.118. The normalized spacial score (nSPS) is 10.5. The van der Waals surface area contributed by atoms with E-state index in [4.69, 9.17) is 16.3 Å². The Bertz CT molecular complexity index is 720. The lowest BCUT2D eigenvalue weighted by atomic mass is 10.0. The predicted molar refractivity (Wildman–Crippen MR) is 100 cm³/mol. The molecule has 0 heterocycles. The maximum absolute atomic E-state index is 12.4. The Hall–Kier alpha value is -2.00. The highest BCUT2D eigenvalue weighted by molar-refractivity contribution is 6.32. The Kier molecular flexibility index (Phi) is 6.27. The topological polar surface area (TPSA) is 38.3 Å². The number of hydrogen-bond donors (Lipinski definition) is 1. The summed E-state index contributed by atoms with van der Waals surface area (Å²) in [4.78, 5) is 12.4. The molecule has 0 saturated heterocycles. The van der Waals surface area contributed by atoms with Crippen molar-refractivity contribution in [1.82, 2.24) is 0 Å². The predicted octanol–water partition coefficient (Wildman–Crippen LogP) is 5.10. The van der Waals surface area contributed by atoms with Crippen LogP contribution >= 0.6 is 11.6 Å². The fourth-order valence-corrected chi connectivity index (χ4v) is 3.10. The monoisotopic (exact) mass is 345 g/mol. The van der Waals surface area contributed by atoms with Gasteiger partial charge in [0.05, 0.1) is 0 Å². The number of hydrogen-bond acceptors (Lipinski definition) is 2. The Morgan fingerprint density at radius 3 is 2.33 bits per heavy atom. The molecule has 1 amide bonds. The van der Waals surface area contributed by atoms with Crippen molar-refractivity contribution < 1.29 is 9.53 Å². The SMILES string of the molecule is CCc1ccc(Cl)c(CC)c1NC(=O)COc1c(C)cccc1C. The average molecular weight is 346 g/mol. The molecule has 128 valence electrons. The van der Waals surface area contributed by atoms with Gasteiger partial charge in [-0.25, -0.2) is 0 Å². The molecule has 0 aliphatic carbocycles. The molecule has 0 bridgehead atoms. The van der Waals surface area contributed by atoms with Gasteiger partial charge in [0.15, 0.2) is 6.61 Å². The Morgan fingerprint density at radius 1 is 1.08 bits per heavy atom. The molecule has 1 N–H and O–H groups in total. The van der Waals surface area contributed by atoms with E-state index in [2.05, 4.69) is 12.2 Å². The molecule has 0 unspecified atom stereocenters. The van der Waals surface area contributed by atoms with Crippen LogP contribution < -0.4 is 10.1 Å². The quantitative estimate of drug-likeness (QED) is 0.791. The molecular formula is C20H24ClNO2. The van der Waals surface area contributed by atoms with E-state index in [1.165, 1.54) is 0 Å². The first kappa shape index (κ1) is 18.3. The maximum atomic E-state index is 12.4. The zero-order chi connectivity index (χ0) is 17.7. The minimum absolute atomic E-state index is 0.0233. The van der Waals surface area contributed by atoms with Crippen molar-refractivity contribution in [2.75, 3.05) is 11.9 Å². The van der Waals surface area contributed by atoms with Gasteiger partial charge in [0.25, 0.3) is 5.91 Å². The molecule has 0 radical (unpaired) electrons. The summed E-state index contributed by atoms with van der Waals surface area (Å²) in [6, 6.07) is 9.78. The number of rotatable bonds is 6. The van der Waals surface area contributed by atoms with Gasteiger partial charge in [-0.05, 0) is 55.0 Å². The molecule has 0 aliphatic heterocycles. The van der Waals surface area contributed by atoms with Crippen LogP contribution in [0.5, 0.6) is 5.75 Å². The van der Waals surface area contributed by atoms with Crippen molar-refractivity contribution in [2.24, 2.45) is 0 Å². The number of benzene rings is 2. The van der Waals surface area contributed by atoms with Crippen LogP contribution in [0.1, 0.15) is 36.1 Å². The largest absolute Gasteiger partial charge is 0.483 e. The van der Waals surface area contributed by atoms with E-state index in [-0.39, 0.29) is 12.5 Å². The molecule has 0 saturated carbocycles. The molecule has 0 aromatic heterocycles. The third-order valence-corrected chi connectivity index (χ3v) is 4.45. The first-order valence-electron chi connectivity index (χ1n) is 8.27. The number of para-hydroxylation sites is 1. The summed E-state index contributed by atoms with van der Waals surface area (Å²) in [6.07, 6.45) is 1.59. The van der Waals surface area contributed by atoms with E-state index in [1.807, 2.05) is 51.1 Å². The minimum atomic E-state index is -0.177. The van der Waals surface area contributed by atoms with Gasteiger partial charge in [0.2, 0.25) is 0 Å². The maximum Gasteiger partial charge on any atom is 0.262 e. The van der Waals surface area contributed by atoms with Crippen LogP contribution in [-0.2, 0) is 17.6 Å². The lowest BCUT2D eigenvalue weighted by Crippen LogP contribution is -2.22. The summed E-state index contributed by atoms with van der Waals surface area (Å²) in [5, 5.41) is 3.66. The molecule has 3 nitrogen and oxygen atoms in total. The first-order valence-corrected chi connectivity index (χ1v) is 8.64. The Labute approximate surface area is 149 Å². The van der Waals surface area contributed by atoms with Crippen molar-refractivity contribution >= 4 is 23.2 Å². The van der Waals surface area contributed by atoms with Gasteiger partial charge in [0, 0.05) is 10.7 Å². The van der Waals surface area contributed by atoms with Gasteiger partial charge >= 0.3 is 0 Å². The van der Waals surface area contributed by atoms with Crippen molar-refractivity contribution in [2.45, 2.75) is 40.5 Å². The van der Waals surface area contributed by atoms with Crippen molar-refractivity contribution in [3.05, 3.63) is 57.6 Å². The smallest absolute Gasteiger partial charge is 0.262 e. The highest BCUT2D eigenvalue weighted by Crippen LogP contribution is 2.29. The van der Waals surface area contributed by atoms with Crippen LogP contribution in [0.25, 0.3) is 0 Å². The van der Waals surface area contributed by atoms with Crippen LogP contribution in [0.15, 0.2) is 30.3 Å². The third-order valence-electron chi connectivity index (χ3n) is 4.10. The van der Waals surface area contributed by atoms with Crippen LogP contribution in [0.3, 0.4) is 0 Å². The molecule has 2 rings (SSSR count). The Balaban J connectivity index is 2.14. The summed E-state index contributed by atoms with van der Waals surface area (Å²) < 4.78 is 5.73. The highest BCUT2D eigenvalue weighted by Gasteiger charge is 2.14. The van der Waals surface area contributed by atoms with E-state index in [1.54, 1.807) is 0 Å². The van der Waals surface area contributed by atoms with Crippen LogP contribution in [0, 0.1) is 13.8 Å². The van der Waals surface area contributed by atoms with Crippen molar-refractivity contribution in [3.8, 4) is 5.75 Å². The number of carbonyl (C=O) groups excluding carboxylic acids is 1. The molecule has 2 aromatic rings. The van der Waals surface area contributed by atoms with Gasteiger partial charge < -0.3 is 10.1 Å². The van der Waals surface area contributed by atoms with Crippen LogP contribution in [-0.4, -0.2) is 12.5 Å². The van der Waals surface area contributed by atoms with Crippen LogP contribution in [0.2, 0.25) is 5.02 Å². The molecular weight excluding hydrogens is 322 g/mol. The molecule has 0 fully saturated rings. The number of ether oxygens (including phenoxy) is 1. The molecule has 0 aliphatic rings. The summed E-state index contributed by atoms with van der Waals surface area (Å²) >= 11 is 6.27. The summed E-state index contributed by atoms with van der Waals surface area (Å²) in [5.41, 5.74) is 4.92. The molecule has 2 aromatic carbocycles. The number of aryl methyl sites for hydroxylation is 3. The highest BCUT2D eigenvalue weighted by atomic mass is 35.5. The van der Waals surface area contributed by atoms with E-state index in [0.717, 1.165) is 46.5 Å². The molecule has 4 heteroatoms. The second kappa shape index (κ2) is 8.20. The first-order chi connectivity index (χ1) is 11.5. The summed E-state index contributed by atoms with van der Waals surface area (Å²) in [6.45, 7) is 8.02. The van der Waals surface area contributed by atoms with Crippen LogP contribution in [0.4, 0.5) is 5.69 Å². The van der Waals surface area contributed by atoms with Gasteiger partial charge in [-0.2, -0.15) is 0 Å². The number of carbonyl (C=O) groups is 1. The Morgan fingerprint density at radius 2 is 1.75 bits per heavy atom. The zero-order valence-corrected chi connectivity index (χ0v) is 15.5.